The van der Waals surface area contributed by atoms with Gasteiger partial charge in [-0.15, -0.1) is 0 Å². The van der Waals surface area contributed by atoms with Crippen LogP contribution in [-0.4, -0.2) is 38.5 Å². The first kappa shape index (κ1) is 13.9. The summed E-state index contributed by atoms with van der Waals surface area (Å²) in [4.78, 5) is 0. The van der Waals surface area contributed by atoms with E-state index in [1.54, 1.807) is 0 Å². The first-order valence-electron chi connectivity index (χ1n) is 6.56. The van der Waals surface area contributed by atoms with Gasteiger partial charge in [0.15, 0.2) is 0 Å². The van der Waals surface area contributed by atoms with E-state index in [1.165, 1.54) is 6.42 Å². The summed E-state index contributed by atoms with van der Waals surface area (Å²) in [5.74, 6) is 0.637. The Morgan fingerprint density at radius 1 is 1.31 bits per heavy atom. The molecule has 1 N–H and O–H groups in total. The van der Waals surface area contributed by atoms with Crippen molar-refractivity contribution >= 4 is 0 Å². The summed E-state index contributed by atoms with van der Waals surface area (Å²) in [7, 11) is 1.85. The van der Waals surface area contributed by atoms with Gasteiger partial charge in [-0.2, -0.15) is 0 Å². The molecule has 96 valence electrons. The van der Waals surface area contributed by atoms with Gasteiger partial charge in [0, 0.05) is 39.2 Å². The molecule has 1 heterocycles. The molecule has 2 atom stereocenters. The Bertz CT molecular complexity index is 190. The van der Waals surface area contributed by atoms with Gasteiger partial charge < -0.3 is 14.8 Å². The van der Waals surface area contributed by atoms with Crippen molar-refractivity contribution in [3.05, 3.63) is 0 Å². The summed E-state index contributed by atoms with van der Waals surface area (Å²) in [5, 5.41) is 3.61. The second kappa shape index (κ2) is 6.58. The van der Waals surface area contributed by atoms with Crippen molar-refractivity contribution in [1.29, 1.82) is 0 Å². The van der Waals surface area contributed by atoms with Crippen LogP contribution in [0.25, 0.3) is 0 Å². The van der Waals surface area contributed by atoms with Crippen molar-refractivity contribution in [2.45, 2.75) is 51.7 Å². The van der Waals surface area contributed by atoms with Gasteiger partial charge in [0.25, 0.3) is 0 Å². The normalized spacial score (nSPS) is 24.0. The van der Waals surface area contributed by atoms with Crippen molar-refractivity contribution in [2.75, 3.05) is 26.9 Å². The monoisotopic (exact) mass is 229 g/mol. The first-order valence-corrected chi connectivity index (χ1v) is 6.56. The Balaban J connectivity index is 2.78. The zero-order valence-corrected chi connectivity index (χ0v) is 11.2. The van der Waals surface area contributed by atoms with Gasteiger partial charge in [0.2, 0.25) is 0 Å². The van der Waals surface area contributed by atoms with Crippen molar-refractivity contribution < 1.29 is 9.47 Å². The second-order valence-corrected chi connectivity index (χ2v) is 4.80. The number of nitrogens with one attached hydrogen (secondary N) is 1. The maximum absolute atomic E-state index is 5.87. The molecule has 1 saturated heterocycles. The molecule has 0 aromatic carbocycles. The van der Waals surface area contributed by atoms with Crippen LogP contribution in [0.4, 0.5) is 0 Å². The Hall–Kier alpha value is -0.120. The minimum absolute atomic E-state index is 0.0241. The zero-order chi connectivity index (χ0) is 12.0. The number of hydrogen-bond donors (Lipinski definition) is 1. The highest BCUT2D eigenvalue weighted by molar-refractivity contribution is 4.96. The molecule has 0 saturated carbocycles. The van der Waals surface area contributed by atoms with E-state index < -0.39 is 0 Å². The van der Waals surface area contributed by atoms with Crippen LogP contribution in [0.1, 0.15) is 40.0 Å². The molecule has 1 fully saturated rings. The van der Waals surface area contributed by atoms with E-state index in [9.17, 15) is 0 Å². The molecule has 3 heteroatoms. The maximum atomic E-state index is 5.87. The van der Waals surface area contributed by atoms with Gasteiger partial charge in [-0.05, 0) is 12.5 Å². The summed E-state index contributed by atoms with van der Waals surface area (Å²) >= 11 is 0. The standard InChI is InChI=1S/C13H27NO2/c1-5-11(3)12(14-6-2)13(15-4)7-9-16-10-8-13/h11-12,14H,5-10H2,1-4H3. The van der Waals surface area contributed by atoms with Crippen LogP contribution in [0.15, 0.2) is 0 Å². The largest absolute Gasteiger partial charge is 0.381 e. The molecule has 0 aromatic heterocycles. The molecule has 3 nitrogen and oxygen atoms in total. The van der Waals surface area contributed by atoms with Crippen LogP contribution in [-0.2, 0) is 9.47 Å². The van der Waals surface area contributed by atoms with Gasteiger partial charge in [0.05, 0.1) is 5.60 Å². The SMILES string of the molecule is CCNC(C(C)CC)C1(OC)CCOCC1. The predicted octanol–water partition coefficient (Wildman–Crippen LogP) is 2.21. The lowest BCUT2D eigenvalue weighted by atomic mass is 9.78. The minimum Gasteiger partial charge on any atom is -0.381 e. The number of hydrogen-bond acceptors (Lipinski definition) is 3. The second-order valence-electron chi connectivity index (χ2n) is 4.80. The first-order chi connectivity index (χ1) is 7.70. The lowest BCUT2D eigenvalue weighted by Crippen LogP contribution is -2.57. The third-order valence-corrected chi connectivity index (χ3v) is 3.95. The predicted molar refractivity (Wildman–Crippen MR) is 66.7 cm³/mol. The number of likely N-dealkylation sites (N-methyl/N-ethyl adjacent to an activating group) is 1. The Morgan fingerprint density at radius 3 is 2.38 bits per heavy atom. The lowest BCUT2D eigenvalue weighted by Gasteiger charge is -2.45. The quantitative estimate of drug-likeness (QED) is 0.757. The molecular weight excluding hydrogens is 202 g/mol. The highest BCUT2D eigenvalue weighted by Gasteiger charge is 2.42. The van der Waals surface area contributed by atoms with Crippen LogP contribution >= 0.6 is 0 Å². The summed E-state index contributed by atoms with van der Waals surface area (Å²) < 4.78 is 11.3. The van der Waals surface area contributed by atoms with Gasteiger partial charge in [0.1, 0.15) is 0 Å². The topological polar surface area (TPSA) is 30.5 Å². The van der Waals surface area contributed by atoms with Gasteiger partial charge in [-0.1, -0.05) is 27.2 Å². The van der Waals surface area contributed by atoms with Gasteiger partial charge in [-0.3, -0.25) is 0 Å². The molecule has 2 unspecified atom stereocenters. The van der Waals surface area contributed by atoms with Crippen LogP contribution in [0.3, 0.4) is 0 Å². The van der Waals surface area contributed by atoms with Crippen LogP contribution < -0.4 is 5.32 Å². The molecule has 0 aliphatic carbocycles. The molecule has 0 bridgehead atoms. The summed E-state index contributed by atoms with van der Waals surface area (Å²) in [6.45, 7) is 9.37. The summed E-state index contributed by atoms with van der Waals surface area (Å²) in [5.41, 5.74) is -0.0241. The Morgan fingerprint density at radius 2 is 1.94 bits per heavy atom. The highest BCUT2D eigenvalue weighted by atomic mass is 16.5. The third kappa shape index (κ3) is 2.96. The smallest absolute Gasteiger partial charge is 0.0877 e. The van der Waals surface area contributed by atoms with Gasteiger partial charge in [-0.25, -0.2) is 0 Å². The number of methoxy groups -OCH3 is 1. The zero-order valence-electron chi connectivity index (χ0n) is 11.2. The van der Waals surface area contributed by atoms with Crippen LogP contribution in [0.5, 0.6) is 0 Å². The molecule has 1 aliphatic heterocycles. The summed E-state index contributed by atoms with van der Waals surface area (Å²) in [6.07, 6.45) is 3.20. The van der Waals surface area contributed by atoms with Crippen molar-refractivity contribution in [3.8, 4) is 0 Å². The lowest BCUT2D eigenvalue weighted by molar-refractivity contribution is -0.119. The van der Waals surface area contributed by atoms with Crippen molar-refractivity contribution in [3.63, 3.8) is 0 Å². The molecule has 0 amide bonds. The molecule has 0 aromatic rings. The molecule has 1 rings (SSSR count). The maximum Gasteiger partial charge on any atom is 0.0877 e. The van der Waals surface area contributed by atoms with Crippen LogP contribution in [0.2, 0.25) is 0 Å². The third-order valence-electron chi connectivity index (χ3n) is 3.95. The molecule has 1 aliphatic rings. The average Bonchev–Trinajstić information content (AvgIpc) is 2.36. The number of rotatable bonds is 6. The Labute approximate surface area is 99.9 Å². The van der Waals surface area contributed by atoms with E-state index in [1.807, 2.05) is 7.11 Å². The fourth-order valence-corrected chi connectivity index (χ4v) is 2.72. The van der Waals surface area contributed by atoms with Gasteiger partial charge >= 0.3 is 0 Å². The van der Waals surface area contributed by atoms with Crippen LogP contribution in [0, 0.1) is 5.92 Å². The van der Waals surface area contributed by atoms with E-state index in [0.717, 1.165) is 32.6 Å². The fourth-order valence-electron chi connectivity index (χ4n) is 2.72. The average molecular weight is 229 g/mol. The van der Waals surface area contributed by atoms with Crippen molar-refractivity contribution in [2.24, 2.45) is 5.92 Å². The molecule has 16 heavy (non-hydrogen) atoms. The fraction of sp³-hybridized carbons (Fsp3) is 1.00. The van der Waals surface area contributed by atoms with E-state index in [2.05, 4.69) is 26.1 Å². The highest BCUT2D eigenvalue weighted by Crippen LogP contribution is 2.32. The minimum atomic E-state index is -0.0241. The van der Waals surface area contributed by atoms with E-state index in [-0.39, 0.29) is 5.60 Å². The van der Waals surface area contributed by atoms with E-state index in [0.29, 0.717) is 12.0 Å². The molecule has 0 radical (unpaired) electrons. The Kier molecular flexibility index (Phi) is 5.73. The van der Waals surface area contributed by atoms with Crippen molar-refractivity contribution in [1.82, 2.24) is 5.32 Å². The van der Waals surface area contributed by atoms with E-state index >= 15 is 0 Å². The van der Waals surface area contributed by atoms with E-state index in [4.69, 9.17) is 9.47 Å². The summed E-state index contributed by atoms with van der Waals surface area (Å²) in [6, 6.07) is 0.441. The molecule has 0 spiro atoms. The number of ether oxygens (including phenoxy) is 2. The molecular formula is C13H27NO2.